The van der Waals surface area contributed by atoms with E-state index in [-0.39, 0.29) is 5.91 Å². The standard InChI is InChI=1S/C19H20ClNO2/c1-3-13-21(17-7-5-4-6-8-17)19(23)14(2)18(22)15-9-11-16(20)12-10-15/h3-12,14,18,22H,1,13H2,2H3/t14-,18+/m0/s1. The summed E-state index contributed by atoms with van der Waals surface area (Å²) in [6, 6.07) is 16.2. The molecule has 0 saturated heterocycles. The van der Waals surface area contributed by atoms with E-state index in [2.05, 4.69) is 6.58 Å². The molecule has 23 heavy (non-hydrogen) atoms. The van der Waals surface area contributed by atoms with Crippen LogP contribution in [0.2, 0.25) is 5.02 Å². The molecule has 1 amide bonds. The average molecular weight is 330 g/mol. The van der Waals surface area contributed by atoms with Gasteiger partial charge in [-0.15, -0.1) is 6.58 Å². The lowest BCUT2D eigenvalue weighted by Crippen LogP contribution is -2.37. The molecule has 0 aromatic heterocycles. The molecule has 2 aromatic carbocycles. The number of hydrogen-bond acceptors (Lipinski definition) is 2. The Labute approximate surface area is 141 Å². The SMILES string of the molecule is C=CCN(C(=O)[C@@H](C)[C@@H](O)c1ccc(Cl)cc1)c1ccccc1. The Morgan fingerprint density at radius 2 is 1.83 bits per heavy atom. The Hall–Kier alpha value is -2.10. The van der Waals surface area contributed by atoms with E-state index in [0.717, 1.165) is 5.69 Å². The first kappa shape index (κ1) is 17.3. The molecule has 0 aliphatic rings. The lowest BCUT2D eigenvalue weighted by molar-refractivity contribution is -0.125. The topological polar surface area (TPSA) is 40.5 Å². The lowest BCUT2D eigenvalue weighted by atomic mass is 9.96. The van der Waals surface area contributed by atoms with Gasteiger partial charge in [0.15, 0.2) is 0 Å². The molecule has 2 aromatic rings. The number of anilines is 1. The molecular weight excluding hydrogens is 310 g/mol. The minimum atomic E-state index is -0.893. The summed E-state index contributed by atoms with van der Waals surface area (Å²) in [4.78, 5) is 14.4. The molecule has 0 fully saturated rings. The Balaban J connectivity index is 2.21. The fourth-order valence-electron chi connectivity index (χ4n) is 2.39. The molecular formula is C19H20ClNO2. The van der Waals surface area contributed by atoms with Crippen LogP contribution in [0.1, 0.15) is 18.6 Å². The van der Waals surface area contributed by atoms with Gasteiger partial charge in [0.05, 0.1) is 12.0 Å². The van der Waals surface area contributed by atoms with Crippen molar-refractivity contribution < 1.29 is 9.90 Å². The van der Waals surface area contributed by atoms with Crippen LogP contribution in [0.3, 0.4) is 0 Å². The predicted octanol–water partition coefficient (Wildman–Crippen LogP) is 4.23. The van der Waals surface area contributed by atoms with Gasteiger partial charge in [0.1, 0.15) is 0 Å². The van der Waals surface area contributed by atoms with Gasteiger partial charge in [-0.2, -0.15) is 0 Å². The third kappa shape index (κ3) is 4.21. The number of carbonyl (C=O) groups is 1. The molecule has 0 aliphatic heterocycles. The predicted molar refractivity (Wildman–Crippen MR) is 94.6 cm³/mol. The molecule has 2 atom stereocenters. The highest BCUT2D eigenvalue weighted by Crippen LogP contribution is 2.26. The molecule has 2 rings (SSSR count). The molecule has 120 valence electrons. The smallest absolute Gasteiger partial charge is 0.233 e. The quantitative estimate of drug-likeness (QED) is 0.806. The number of rotatable bonds is 6. The van der Waals surface area contributed by atoms with Crippen molar-refractivity contribution in [1.29, 1.82) is 0 Å². The monoisotopic (exact) mass is 329 g/mol. The van der Waals surface area contributed by atoms with Crippen molar-refractivity contribution in [2.45, 2.75) is 13.0 Å². The van der Waals surface area contributed by atoms with Gasteiger partial charge in [0, 0.05) is 17.3 Å². The largest absolute Gasteiger partial charge is 0.388 e. The van der Waals surface area contributed by atoms with E-state index in [1.165, 1.54) is 0 Å². The van der Waals surface area contributed by atoms with Crippen molar-refractivity contribution in [2.75, 3.05) is 11.4 Å². The number of para-hydroxylation sites is 1. The summed E-state index contributed by atoms with van der Waals surface area (Å²) in [5.74, 6) is -0.741. The van der Waals surface area contributed by atoms with Crippen LogP contribution < -0.4 is 4.90 Å². The van der Waals surface area contributed by atoms with Crippen LogP contribution in [0.5, 0.6) is 0 Å². The maximum absolute atomic E-state index is 12.8. The summed E-state index contributed by atoms with van der Waals surface area (Å²) in [7, 11) is 0. The molecule has 0 bridgehead atoms. The highest BCUT2D eigenvalue weighted by molar-refractivity contribution is 6.30. The van der Waals surface area contributed by atoms with Gasteiger partial charge < -0.3 is 10.0 Å². The van der Waals surface area contributed by atoms with Gasteiger partial charge in [-0.25, -0.2) is 0 Å². The van der Waals surface area contributed by atoms with Gasteiger partial charge in [0.25, 0.3) is 0 Å². The lowest BCUT2D eigenvalue weighted by Gasteiger charge is -2.27. The molecule has 4 heteroatoms. The number of hydrogen-bond donors (Lipinski definition) is 1. The Morgan fingerprint density at radius 1 is 1.22 bits per heavy atom. The maximum atomic E-state index is 12.8. The van der Waals surface area contributed by atoms with E-state index in [0.29, 0.717) is 17.1 Å². The number of amides is 1. The van der Waals surface area contributed by atoms with Crippen LogP contribution in [0.4, 0.5) is 5.69 Å². The number of halogens is 1. The maximum Gasteiger partial charge on any atom is 0.233 e. The second-order valence-electron chi connectivity index (χ2n) is 5.36. The fraction of sp³-hybridized carbons (Fsp3) is 0.211. The number of benzene rings is 2. The molecule has 0 spiro atoms. The third-order valence-electron chi connectivity index (χ3n) is 3.72. The first-order valence-corrected chi connectivity index (χ1v) is 7.83. The van der Waals surface area contributed by atoms with Gasteiger partial charge in [-0.1, -0.05) is 54.9 Å². The van der Waals surface area contributed by atoms with Gasteiger partial charge in [0.2, 0.25) is 5.91 Å². The van der Waals surface area contributed by atoms with Gasteiger partial charge in [-0.3, -0.25) is 4.79 Å². The highest BCUT2D eigenvalue weighted by Gasteiger charge is 2.28. The Bertz CT molecular complexity index is 655. The van der Waals surface area contributed by atoms with E-state index in [4.69, 9.17) is 11.6 Å². The summed E-state index contributed by atoms with van der Waals surface area (Å²) in [6.45, 7) is 5.82. The van der Waals surface area contributed by atoms with E-state index in [1.807, 2.05) is 30.3 Å². The molecule has 0 aliphatic carbocycles. The average Bonchev–Trinajstić information content (AvgIpc) is 2.59. The second-order valence-corrected chi connectivity index (χ2v) is 5.79. The van der Waals surface area contributed by atoms with Crippen molar-refractivity contribution in [3.05, 3.63) is 77.8 Å². The summed E-state index contributed by atoms with van der Waals surface area (Å²) >= 11 is 5.86. The molecule has 0 saturated carbocycles. The van der Waals surface area contributed by atoms with Gasteiger partial charge >= 0.3 is 0 Å². The van der Waals surface area contributed by atoms with Crippen LogP contribution in [0.15, 0.2) is 67.3 Å². The van der Waals surface area contributed by atoms with E-state index < -0.39 is 12.0 Å². The van der Waals surface area contributed by atoms with E-state index in [1.54, 1.807) is 42.2 Å². The Morgan fingerprint density at radius 3 is 2.39 bits per heavy atom. The number of aliphatic hydroxyl groups excluding tert-OH is 1. The zero-order valence-electron chi connectivity index (χ0n) is 13.0. The van der Waals surface area contributed by atoms with Crippen LogP contribution in [0.25, 0.3) is 0 Å². The zero-order valence-corrected chi connectivity index (χ0v) is 13.8. The number of aliphatic hydroxyl groups is 1. The van der Waals surface area contributed by atoms with Crippen molar-refractivity contribution in [3.63, 3.8) is 0 Å². The summed E-state index contributed by atoms with van der Waals surface area (Å²) < 4.78 is 0. The molecule has 3 nitrogen and oxygen atoms in total. The molecule has 0 heterocycles. The third-order valence-corrected chi connectivity index (χ3v) is 3.97. The Kier molecular flexibility index (Phi) is 5.97. The number of carbonyl (C=O) groups excluding carboxylic acids is 1. The van der Waals surface area contributed by atoms with Crippen molar-refractivity contribution in [1.82, 2.24) is 0 Å². The van der Waals surface area contributed by atoms with E-state index in [9.17, 15) is 9.90 Å². The van der Waals surface area contributed by atoms with Crippen molar-refractivity contribution >= 4 is 23.2 Å². The van der Waals surface area contributed by atoms with Crippen LogP contribution in [-0.4, -0.2) is 17.6 Å². The van der Waals surface area contributed by atoms with Gasteiger partial charge in [-0.05, 0) is 29.8 Å². The summed E-state index contributed by atoms with van der Waals surface area (Å²) in [5.41, 5.74) is 1.45. The molecule has 0 unspecified atom stereocenters. The minimum absolute atomic E-state index is 0.154. The highest BCUT2D eigenvalue weighted by atomic mass is 35.5. The minimum Gasteiger partial charge on any atom is -0.388 e. The normalized spacial score (nSPS) is 13.2. The fourth-order valence-corrected chi connectivity index (χ4v) is 2.52. The molecule has 1 N–H and O–H groups in total. The van der Waals surface area contributed by atoms with Crippen molar-refractivity contribution in [3.8, 4) is 0 Å². The zero-order chi connectivity index (χ0) is 16.8. The number of nitrogens with zero attached hydrogens (tertiary/aromatic N) is 1. The van der Waals surface area contributed by atoms with E-state index >= 15 is 0 Å². The van der Waals surface area contributed by atoms with Crippen LogP contribution >= 0.6 is 11.6 Å². The summed E-state index contributed by atoms with van der Waals surface area (Å²) in [6.07, 6.45) is 0.780. The second kappa shape index (κ2) is 7.95. The van der Waals surface area contributed by atoms with Crippen molar-refractivity contribution in [2.24, 2.45) is 5.92 Å². The van der Waals surface area contributed by atoms with Crippen LogP contribution in [-0.2, 0) is 4.79 Å². The van der Waals surface area contributed by atoms with Crippen LogP contribution in [0, 0.1) is 5.92 Å². The first-order valence-electron chi connectivity index (χ1n) is 7.45. The molecule has 0 radical (unpaired) electrons. The first-order chi connectivity index (χ1) is 11.0. The summed E-state index contributed by atoms with van der Waals surface area (Å²) in [5, 5.41) is 11.1.